The Bertz CT molecular complexity index is 675. The van der Waals surface area contributed by atoms with Crippen molar-refractivity contribution in [3.63, 3.8) is 0 Å². The fourth-order valence-corrected chi connectivity index (χ4v) is 2.04. The molecule has 1 amide bonds. The number of likely N-dealkylation sites (N-methyl/N-ethyl adjacent to an activating group) is 1. The van der Waals surface area contributed by atoms with Crippen LogP contribution in [0.3, 0.4) is 0 Å². The standard InChI is InChI=1S/C8H10ClN3O5S/c1-2-10-6(13)4-12-3-5(18(9,16)17)7(14)11-8(12)15/h3H,2,4H2,1H3,(H,10,13)(H,11,14,15). The number of nitrogens with one attached hydrogen (secondary N) is 2. The lowest BCUT2D eigenvalue weighted by Crippen LogP contribution is -2.37. The maximum absolute atomic E-state index is 11.3. The van der Waals surface area contributed by atoms with Crippen molar-refractivity contribution < 1.29 is 13.2 Å². The Balaban J connectivity index is 3.27. The number of halogens is 1. The molecule has 0 aromatic carbocycles. The molecular weight excluding hydrogens is 286 g/mol. The van der Waals surface area contributed by atoms with Gasteiger partial charge in [0.15, 0.2) is 4.90 Å². The van der Waals surface area contributed by atoms with Gasteiger partial charge in [0.1, 0.15) is 6.54 Å². The molecule has 1 rings (SSSR count). The highest BCUT2D eigenvalue weighted by Crippen LogP contribution is 2.07. The van der Waals surface area contributed by atoms with Gasteiger partial charge in [0.25, 0.3) is 14.6 Å². The van der Waals surface area contributed by atoms with Gasteiger partial charge in [-0.1, -0.05) is 0 Å². The molecule has 2 N–H and O–H groups in total. The number of nitrogens with zero attached hydrogens (tertiary/aromatic N) is 1. The van der Waals surface area contributed by atoms with Crippen LogP contribution in [0.2, 0.25) is 0 Å². The molecule has 0 atom stereocenters. The quantitative estimate of drug-likeness (QED) is 0.662. The van der Waals surface area contributed by atoms with Crippen molar-refractivity contribution in [2.45, 2.75) is 18.4 Å². The summed E-state index contributed by atoms with van der Waals surface area (Å²) in [4.78, 5) is 34.8. The van der Waals surface area contributed by atoms with E-state index in [0.717, 1.165) is 10.8 Å². The Morgan fingerprint density at radius 3 is 2.61 bits per heavy atom. The summed E-state index contributed by atoms with van der Waals surface area (Å²) >= 11 is 0. The van der Waals surface area contributed by atoms with Crippen LogP contribution in [-0.4, -0.2) is 30.4 Å². The fraction of sp³-hybridized carbons (Fsp3) is 0.375. The SMILES string of the molecule is CCNC(=O)Cn1cc(S(=O)(=O)Cl)c(=O)[nH]c1=O. The second-order valence-corrected chi connectivity index (χ2v) is 5.81. The average Bonchev–Trinajstić information content (AvgIpc) is 2.20. The molecule has 0 bridgehead atoms. The van der Waals surface area contributed by atoms with Crippen molar-refractivity contribution in [2.24, 2.45) is 0 Å². The van der Waals surface area contributed by atoms with E-state index in [2.05, 4.69) is 5.32 Å². The Morgan fingerprint density at radius 2 is 2.11 bits per heavy atom. The molecule has 0 spiro atoms. The van der Waals surface area contributed by atoms with Crippen molar-refractivity contribution >= 4 is 25.6 Å². The summed E-state index contributed by atoms with van der Waals surface area (Å²) in [6, 6.07) is 0. The predicted octanol–water partition coefficient (Wildman–Crippen LogP) is -1.40. The molecule has 10 heteroatoms. The van der Waals surface area contributed by atoms with Gasteiger partial charge in [-0.05, 0) is 6.92 Å². The van der Waals surface area contributed by atoms with E-state index < -0.39 is 37.6 Å². The molecule has 0 fully saturated rings. The van der Waals surface area contributed by atoms with Crippen molar-refractivity contribution in [3.05, 3.63) is 27.0 Å². The van der Waals surface area contributed by atoms with Gasteiger partial charge in [-0.25, -0.2) is 13.2 Å². The van der Waals surface area contributed by atoms with E-state index in [9.17, 15) is 22.8 Å². The normalized spacial score (nSPS) is 11.2. The molecule has 18 heavy (non-hydrogen) atoms. The van der Waals surface area contributed by atoms with E-state index in [1.165, 1.54) is 0 Å². The number of hydrogen-bond acceptors (Lipinski definition) is 5. The third-order valence-electron chi connectivity index (χ3n) is 1.93. The number of aromatic nitrogens is 2. The van der Waals surface area contributed by atoms with Gasteiger partial charge in [-0.3, -0.25) is 19.1 Å². The molecule has 1 heterocycles. The molecule has 0 aliphatic rings. The molecule has 100 valence electrons. The molecule has 0 saturated carbocycles. The van der Waals surface area contributed by atoms with Crippen LogP contribution >= 0.6 is 10.7 Å². The van der Waals surface area contributed by atoms with Gasteiger partial charge in [-0.2, -0.15) is 0 Å². The van der Waals surface area contributed by atoms with Gasteiger partial charge in [0.2, 0.25) is 5.91 Å². The van der Waals surface area contributed by atoms with Gasteiger partial charge >= 0.3 is 5.69 Å². The molecule has 8 nitrogen and oxygen atoms in total. The van der Waals surface area contributed by atoms with E-state index in [4.69, 9.17) is 10.7 Å². The number of carbonyl (C=O) groups is 1. The van der Waals surface area contributed by atoms with E-state index in [1.54, 1.807) is 11.9 Å². The number of aromatic amines is 1. The molecule has 1 aromatic heterocycles. The van der Waals surface area contributed by atoms with Crippen LogP contribution < -0.4 is 16.6 Å². The summed E-state index contributed by atoms with van der Waals surface area (Å²) in [7, 11) is 0.738. The van der Waals surface area contributed by atoms with Crippen molar-refractivity contribution in [2.75, 3.05) is 6.54 Å². The second-order valence-electron chi connectivity index (χ2n) is 3.27. The maximum Gasteiger partial charge on any atom is 0.328 e. The highest BCUT2D eigenvalue weighted by molar-refractivity contribution is 8.13. The summed E-state index contributed by atoms with van der Waals surface area (Å²) < 4.78 is 22.9. The van der Waals surface area contributed by atoms with Crippen molar-refractivity contribution in [3.8, 4) is 0 Å². The van der Waals surface area contributed by atoms with Crippen molar-refractivity contribution in [1.82, 2.24) is 14.9 Å². The lowest BCUT2D eigenvalue weighted by Gasteiger charge is -2.06. The summed E-state index contributed by atoms with van der Waals surface area (Å²) in [5.41, 5.74) is -2.02. The lowest BCUT2D eigenvalue weighted by molar-refractivity contribution is -0.121. The third kappa shape index (κ3) is 3.44. The van der Waals surface area contributed by atoms with Crippen LogP contribution in [0.4, 0.5) is 0 Å². The van der Waals surface area contributed by atoms with Crippen LogP contribution in [0.15, 0.2) is 20.7 Å². The van der Waals surface area contributed by atoms with Crippen LogP contribution in [0.25, 0.3) is 0 Å². The smallest absolute Gasteiger partial charge is 0.328 e. The zero-order valence-corrected chi connectivity index (χ0v) is 10.8. The molecule has 0 aliphatic carbocycles. The first kappa shape index (κ1) is 14.5. The van der Waals surface area contributed by atoms with E-state index in [0.29, 0.717) is 6.54 Å². The summed E-state index contributed by atoms with van der Waals surface area (Å²) in [5.74, 6) is -0.496. The number of rotatable bonds is 4. The van der Waals surface area contributed by atoms with Gasteiger partial charge < -0.3 is 5.32 Å². The number of carbonyl (C=O) groups excluding carboxylic acids is 1. The Kier molecular flexibility index (Phi) is 4.30. The van der Waals surface area contributed by atoms with E-state index >= 15 is 0 Å². The minimum Gasteiger partial charge on any atom is -0.355 e. The molecule has 1 aromatic rings. The first-order chi connectivity index (χ1) is 8.25. The number of amides is 1. The van der Waals surface area contributed by atoms with Crippen molar-refractivity contribution in [1.29, 1.82) is 0 Å². The maximum atomic E-state index is 11.3. The lowest BCUT2D eigenvalue weighted by atomic mass is 10.5. The molecule has 0 aliphatic heterocycles. The fourth-order valence-electron chi connectivity index (χ4n) is 1.19. The van der Waals surface area contributed by atoms with Crippen LogP contribution in [0.5, 0.6) is 0 Å². The van der Waals surface area contributed by atoms with Gasteiger partial charge in [0.05, 0.1) is 0 Å². The second kappa shape index (κ2) is 5.36. The zero-order valence-electron chi connectivity index (χ0n) is 9.27. The molecular formula is C8H10ClN3O5S. The third-order valence-corrected chi connectivity index (χ3v) is 3.24. The predicted molar refractivity (Wildman–Crippen MR) is 63.0 cm³/mol. The Labute approximate surface area is 106 Å². The number of H-pyrrole nitrogens is 1. The van der Waals surface area contributed by atoms with Crippen LogP contribution in [-0.2, 0) is 20.4 Å². The number of hydrogen-bond donors (Lipinski definition) is 2. The zero-order chi connectivity index (χ0) is 13.9. The summed E-state index contributed by atoms with van der Waals surface area (Å²) in [6.07, 6.45) is 0.735. The van der Waals surface area contributed by atoms with E-state index in [-0.39, 0.29) is 0 Å². The molecule has 0 saturated heterocycles. The van der Waals surface area contributed by atoms with E-state index in [1.807, 2.05) is 0 Å². The highest BCUT2D eigenvalue weighted by atomic mass is 35.7. The molecule has 0 radical (unpaired) electrons. The van der Waals surface area contributed by atoms with Crippen LogP contribution in [0, 0.1) is 0 Å². The average molecular weight is 296 g/mol. The highest BCUT2D eigenvalue weighted by Gasteiger charge is 2.17. The minimum absolute atomic E-state index is 0.359. The monoisotopic (exact) mass is 295 g/mol. The summed E-state index contributed by atoms with van der Waals surface area (Å²) in [5, 5.41) is 2.42. The topological polar surface area (TPSA) is 118 Å². The first-order valence-corrected chi connectivity index (χ1v) is 7.11. The van der Waals surface area contributed by atoms with Gasteiger partial charge in [-0.15, -0.1) is 0 Å². The Hall–Kier alpha value is -1.61. The van der Waals surface area contributed by atoms with Crippen LogP contribution in [0.1, 0.15) is 6.92 Å². The Morgan fingerprint density at radius 1 is 1.50 bits per heavy atom. The van der Waals surface area contributed by atoms with Gasteiger partial charge in [0, 0.05) is 23.4 Å². The molecule has 0 unspecified atom stereocenters. The minimum atomic E-state index is -4.28. The first-order valence-electron chi connectivity index (χ1n) is 4.81. The largest absolute Gasteiger partial charge is 0.355 e. The summed E-state index contributed by atoms with van der Waals surface area (Å²) in [6.45, 7) is 1.63.